The lowest BCUT2D eigenvalue weighted by Gasteiger charge is -2.36. The van der Waals surface area contributed by atoms with Crippen LogP contribution in [0.4, 0.5) is 5.69 Å². The number of anilines is 1. The van der Waals surface area contributed by atoms with Gasteiger partial charge in [-0.25, -0.2) is 4.98 Å². The predicted octanol–water partition coefficient (Wildman–Crippen LogP) is 3.66. The zero-order valence-electron chi connectivity index (χ0n) is 14.9. The van der Waals surface area contributed by atoms with E-state index in [0.717, 1.165) is 49.7 Å². The molecule has 0 amide bonds. The van der Waals surface area contributed by atoms with E-state index in [1.165, 1.54) is 10.7 Å². The lowest BCUT2D eigenvalue weighted by Crippen LogP contribution is -2.51. The molecule has 2 aromatic rings. The molecule has 8 heteroatoms. The maximum atomic E-state index is 6.17. The van der Waals surface area contributed by atoms with Crippen LogP contribution in [-0.4, -0.2) is 48.6 Å². The summed E-state index contributed by atoms with van der Waals surface area (Å²) < 4.78 is 0. The highest BCUT2D eigenvalue weighted by Crippen LogP contribution is 2.19. The standard InChI is InChI=1S/C18H24ClN5S.HI/c1-2-17-22-15(13-25-17)7-8-21-18(20)24-11-9-23(10-12-24)16-5-3-14(19)4-6-16;/h3-6,13H,2,7-12H2,1H3,(H2,20,21);1H. The molecule has 1 aliphatic rings. The summed E-state index contributed by atoms with van der Waals surface area (Å²) >= 11 is 7.68. The van der Waals surface area contributed by atoms with Gasteiger partial charge in [0, 0.05) is 55.2 Å². The predicted molar refractivity (Wildman–Crippen MR) is 122 cm³/mol. The van der Waals surface area contributed by atoms with Gasteiger partial charge in [0.2, 0.25) is 0 Å². The van der Waals surface area contributed by atoms with Gasteiger partial charge in [0.05, 0.1) is 10.7 Å². The third-order valence-corrected chi connectivity index (χ3v) is 5.63. The Kier molecular flexibility index (Phi) is 8.43. The first kappa shape index (κ1) is 21.2. The smallest absolute Gasteiger partial charge is 0.191 e. The molecule has 1 saturated heterocycles. The van der Waals surface area contributed by atoms with Gasteiger partial charge in [0.25, 0.3) is 0 Å². The molecule has 0 spiro atoms. The minimum absolute atomic E-state index is 0. The molecule has 1 aliphatic heterocycles. The van der Waals surface area contributed by atoms with Gasteiger partial charge < -0.3 is 15.5 Å². The van der Waals surface area contributed by atoms with E-state index >= 15 is 0 Å². The van der Waals surface area contributed by atoms with E-state index in [1.54, 1.807) is 11.3 Å². The van der Waals surface area contributed by atoms with E-state index < -0.39 is 0 Å². The molecule has 0 radical (unpaired) electrons. The molecule has 0 bridgehead atoms. The Morgan fingerprint density at radius 2 is 1.92 bits per heavy atom. The number of nitrogens with two attached hydrogens (primary N) is 1. The van der Waals surface area contributed by atoms with Crippen LogP contribution in [0.1, 0.15) is 17.6 Å². The Morgan fingerprint density at radius 3 is 2.54 bits per heavy atom. The summed E-state index contributed by atoms with van der Waals surface area (Å²) in [6.07, 6.45) is 1.84. The molecule has 26 heavy (non-hydrogen) atoms. The highest BCUT2D eigenvalue weighted by atomic mass is 127. The zero-order valence-corrected chi connectivity index (χ0v) is 18.8. The molecule has 0 saturated carbocycles. The minimum Gasteiger partial charge on any atom is -0.370 e. The van der Waals surface area contributed by atoms with Crippen LogP contribution in [0.5, 0.6) is 0 Å². The van der Waals surface area contributed by atoms with Gasteiger partial charge in [-0.15, -0.1) is 35.3 Å². The number of aromatic nitrogens is 1. The highest BCUT2D eigenvalue weighted by molar-refractivity contribution is 14.0. The Bertz CT molecular complexity index is 711. The molecule has 0 unspecified atom stereocenters. The van der Waals surface area contributed by atoms with E-state index in [0.29, 0.717) is 12.5 Å². The normalized spacial score (nSPS) is 15.1. The third kappa shape index (κ3) is 5.72. The Labute approximate surface area is 181 Å². The van der Waals surface area contributed by atoms with Crippen molar-refractivity contribution in [1.82, 2.24) is 9.88 Å². The number of thiazole rings is 1. The summed E-state index contributed by atoms with van der Waals surface area (Å²) in [5.74, 6) is 0.640. The van der Waals surface area contributed by atoms with Crippen LogP contribution >= 0.6 is 46.9 Å². The van der Waals surface area contributed by atoms with Crippen molar-refractivity contribution < 1.29 is 0 Å². The highest BCUT2D eigenvalue weighted by Gasteiger charge is 2.18. The molecule has 1 aromatic heterocycles. The Hall–Kier alpha value is -1.06. The lowest BCUT2D eigenvalue weighted by molar-refractivity contribution is 0.381. The van der Waals surface area contributed by atoms with Crippen LogP contribution in [-0.2, 0) is 12.8 Å². The van der Waals surface area contributed by atoms with Crippen LogP contribution < -0.4 is 10.6 Å². The fourth-order valence-electron chi connectivity index (χ4n) is 2.86. The van der Waals surface area contributed by atoms with Crippen molar-refractivity contribution in [3.8, 4) is 0 Å². The fraction of sp³-hybridized carbons (Fsp3) is 0.444. The fourth-order valence-corrected chi connectivity index (χ4v) is 3.76. The first-order valence-electron chi connectivity index (χ1n) is 8.64. The molecule has 0 atom stereocenters. The van der Waals surface area contributed by atoms with Crippen LogP contribution in [0.15, 0.2) is 34.6 Å². The van der Waals surface area contributed by atoms with Gasteiger partial charge in [-0.2, -0.15) is 0 Å². The summed E-state index contributed by atoms with van der Waals surface area (Å²) in [5.41, 5.74) is 8.49. The summed E-state index contributed by atoms with van der Waals surface area (Å²) in [4.78, 5) is 13.6. The average molecular weight is 506 g/mol. The summed E-state index contributed by atoms with van der Waals surface area (Å²) in [6, 6.07) is 7.99. The molecule has 0 aliphatic carbocycles. The SMILES string of the molecule is CCc1nc(CCN=C(N)N2CCN(c3ccc(Cl)cc3)CC2)cs1.I. The second-order valence-electron chi connectivity index (χ2n) is 6.03. The van der Waals surface area contributed by atoms with Crippen molar-refractivity contribution >= 4 is 58.6 Å². The number of aryl methyl sites for hydroxylation is 1. The topological polar surface area (TPSA) is 57.8 Å². The van der Waals surface area contributed by atoms with Crippen molar-refractivity contribution in [2.75, 3.05) is 37.6 Å². The maximum absolute atomic E-state index is 6.17. The second kappa shape index (κ2) is 10.3. The van der Waals surface area contributed by atoms with Crippen molar-refractivity contribution in [2.24, 2.45) is 10.7 Å². The third-order valence-electron chi connectivity index (χ3n) is 4.34. The zero-order chi connectivity index (χ0) is 17.6. The molecule has 142 valence electrons. The van der Waals surface area contributed by atoms with Crippen LogP contribution in [0.3, 0.4) is 0 Å². The molecule has 5 nitrogen and oxygen atoms in total. The number of hydrogen-bond donors (Lipinski definition) is 1. The molecule has 3 rings (SSSR count). The molecule has 2 N–H and O–H groups in total. The van der Waals surface area contributed by atoms with E-state index in [1.807, 2.05) is 12.1 Å². The van der Waals surface area contributed by atoms with Crippen molar-refractivity contribution in [3.05, 3.63) is 45.4 Å². The number of piperazine rings is 1. The monoisotopic (exact) mass is 505 g/mol. The van der Waals surface area contributed by atoms with Gasteiger partial charge in [-0.05, 0) is 30.7 Å². The molecule has 1 fully saturated rings. The molecular formula is C18H25ClIN5S. The summed E-state index contributed by atoms with van der Waals surface area (Å²) in [5, 5.41) is 4.07. The van der Waals surface area contributed by atoms with Crippen LogP contribution in [0.25, 0.3) is 0 Å². The van der Waals surface area contributed by atoms with E-state index in [4.69, 9.17) is 17.3 Å². The quantitative estimate of drug-likeness (QED) is 0.383. The molecule has 2 heterocycles. The summed E-state index contributed by atoms with van der Waals surface area (Å²) in [6.45, 7) is 6.45. The summed E-state index contributed by atoms with van der Waals surface area (Å²) in [7, 11) is 0. The molecular weight excluding hydrogens is 481 g/mol. The van der Waals surface area contributed by atoms with Gasteiger partial charge in [0.1, 0.15) is 0 Å². The lowest BCUT2D eigenvalue weighted by atomic mass is 10.2. The van der Waals surface area contributed by atoms with Crippen LogP contribution in [0, 0.1) is 0 Å². The number of nitrogens with zero attached hydrogens (tertiary/aromatic N) is 4. The molecule has 1 aromatic carbocycles. The average Bonchev–Trinajstić information content (AvgIpc) is 3.10. The number of benzene rings is 1. The van der Waals surface area contributed by atoms with E-state index in [2.05, 4.69) is 44.2 Å². The van der Waals surface area contributed by atoms with Gasteiger partial charge in [-0.3, -0.25) is 4.99 Å². The first-order valence-corrected chi connectivity index (χ1v) is 9.90. The number of aliphatic imine (C=N–C) groups is 1. The Balaban J connectivity index is 0.00000243. The first-order chi connectivity index (χ1) is 12.2. The second-order valence-corrected chi connectivity index (χ2v) is 7.41. The van der Waals surface area contributed by atoms with E-state index in [9.17, 15) is 0 Å². The van der Waals surface area contributed by atoms with Gasteiger partial charge >= 0.3 is 0 Å². The van der Waals surface area contributed by atoms with Gasteiger partial charge in [-0.1, -0.05) is 18.5 Å². The van der Waals surface area contributed by atoms with Gasteiger partial charge in [0.15, 0.2) is 5.96 Å². The maximum Gasteiger partial charge on any atom is 0.191 e. The number of halogens is 2. The Morgan fingerprint density at radius 1 is 1.23 bits per heavy atom. The van der Waals surface area contributed by atoms with Crippen molar-refractivity contribution in [1.29, 1.82) is 0 Å². The number of hydrogen-bond acceptors (Lipinski definition) is 4. The van der Waals surface area contributed by atoms with Crippen molar-refractivity contribution in [2.45, 2.75) is 19.8 Å². The minimum atomic E-state index is 0. The van der Waals surface area contributed by atoms with Crippen molar-refractivity contribution in [3.63, 3.8) is 0 Å². The number of guanidine groups is 1. The number of rotatable bonds is 5. The van der Waals surface area contributed by atoms with Crippen LogP contribution in [0.2, 0.25) is 5.02 Å². The largest absolute Gasteiger partial charge is 0.370 e. The van der Waals surface area contributed by atoms with E-state index in [-0.39, 0.29) is 24.0 Å².